The average Bonchev–Trinajstić information content (AvgIpc) is 3.33. The fraction of sp³-hybridized carbons (Fsp3) is 0.333. The van der Waals surface area contributed by atoms with Crippen LogP contribution in [-0.4, -0.2) is 51.0 Å². The molecule has 1 fully saturated rings. The molecule has 8 nitrogen and oxygen atoms in total. The third kappa shape index (κ3) is 6.24. The molecule has 11 heteroatoms. The van der Waals surface area contributed by atoms with Gasteiger partial charge in [-0.1, -0.05) is 0 Å². The first-order chi connectivity index (χ1) is 16.8. The van der Waals surface area contributed by atoms with Crippen LogP contribution in [-0.2, 0) is 17.3 Å². The summed E-state index contributed by atoms with van der Waals surface area (Å²) in [6.07, 6.45) is -2.80. The zero-order chi connectivity index (χ0) is 24.8. The number of morpholine rings is 1. The van der Waals surface area contributed by atoms with Gasteiger partial charge in [-0.15, -0.1) is 0 Å². The van der Waals surface area contributed by atoms with Crippen molar-refractivity contribution < 1.29 is 31.9 Å². The molecule has 0 aliphatic carbocycles. The van der Waals surface area contributed by atoms with Gasteiger partial charge in [0.05, 0.1) is 37.3 Å². The van der Waals surface area contributed by atoms with Gasteiger partial charge in [0.25, 0.3) is 0 Å². The third-order valence-corrected chi connectivity index (χ3v) is 5.49. The number of methoxy groups -OCH3 is 1. The first-order valence-electron chi connectivity index (χ1n) is 11.0. The Kier molecular flexibility index (Phi) is 7.45. The minimum atomic E-state index is -4.62. The van der Waals surface area contributed by atoms with E-state index in [0.29, 0.717) is 55.7 Å². The van der Waals surface area contributed by atoms with Gasteiger partial charge < -0.3 is 29.4 Å². The molecule has 0 bridgehead atoms. The van der Waals surface area contributed by atoms with E-state index in [9.17, 15) is 18.0 Å². The van der Waals surface area contributed by atoms with Crippen LogP contribution in [0.3, 0.4) is 0 Å². The zero-order valence-corrected chi connectivity index (χ0v) is 19.0. The number of carbonyl (C=O) groups is 1. The standard InChI is InChI=1S/C24H25F3N4O4/c1-33-19-5-2-16(3-6-19)22-29-17(15-35-22)8-9-28-23(32)30-21-7-4-18(14-20(21)24(25,26)27)31-10-12-34-13-11-31/h2-7,14-15H,8-13H2,1H3,(H2,28,30,32). The van der Waals surface area contributed by atoms with Crippen molar-refractivity contribution in [2.45, 2.75) is 12.6 Å². The van der Waals surface area contributed by atoms with Crippen LogP contribution >= 0.6 is 0 Å². The molecule has 1 aromatic heterocycles. The summed E-state index contributed by atoms with van der Waals surface area (Å²) in [6.45, 7) is 2.08. The second kappa shape index (κ2) is 10.7. The first-order valence-corrected chi connectivity index (χ1v) is 11.0. The number of urea groups is 1. The maximum absolute atomic E-state index is 13.7. The van der Waals surface area contributed by atoms with Crippen LogP contribution in [0.25, 0.3) is 11.5 Å². The number of carbonyl (C=O) groups excluding carboxylic acids is 1. The smallest absolute Gasteiger partial charge is 0.418 e. The summed E-state index contributed by atoms with van der Waals surface area (Å²) in [4.78, 5) is 18.5. The number of rotatable bonds is 7. The van der Waals surface area contributed by atoms with Crippen LogP contribution in [0.5, 0.6) is 5.75 Å². The van der Waals surface area contributed by atoms with Gasteiger partial charge in [0, 0.05) is 37.3 Å². The van der Waals surface area contributed by atoms with E-state index in [4.69, 9.17) is 13.9 Å². The Morgan fingerprint density at radius 2 is 1.89 bits per heavy atom. The normalized spacial score (nSPS) is 14.0. The number of oxazole rings is 1. The molecule has 1 aliphatic rings. The first kappa shape index (κ1) is 24.4. The van der Waals surface area contributed by atoms with Crippen molar-refractivity contribution in [3.05, 3.63) is 60.0 Å². The van der Waals surface area contributed by atoms with Crippen molar-refractivity contribution in [1.82, 2.24) is 10.3 Å². The van der Waals surface area contributed by atoms with Crippen molar-refractivity contribution in [1.29, 1.82) is 0 Å². The number of aromatic nitrogens is 1. The van der Waals surface area contributed by atoms with E-state index in [0.717, 1.165) is 11.6 Å². The molecule has 0 spiro atoms. The van der Waals surface area contributed by atoms with E-state index >= 15 is 0 Å². The molecule has 2 amide bonds. The second-order valence-electron chi connectivity index (χ2n) is 7.83. The summed E-state index contributed by atoms with van der Waals surface area (Å²) < 4.78 is 56.8. The summed E-state index contributed by atoms with van der Waals surface area (Å²) in [5.41, 5.74) is 0.586. The largest absolute Gasteiger partial charge is 0.497 e. The number of hydrogen-bond acceptors (Lipinski definition) is 6. The Hall–Kier alpha value is -3.73. The van der Waals surface area contributed by atoms with Crippen LogP contribution in [0.4, 0.5) is 29.3 Å². The summed E-state index contributed by atoms with van der Waals surface area (Å²) in [6, 6.07) is 10.3. The van der Waals surface area contributed by atoms with Crippen molar-refractivity contribution in [2.75, 3.05) is 50.2 Å². The third-order valence-electron chi connectivity index (χ3n) is 5.49. The van der Waals surface area contributed by atoms with Gasteiger partial charge in [-0.25, -0.2) is 9.78 Å². The molecule has 4 rings (SSSR count). The molecule has 0 saturated carbocycles. The molecule has 2 aromatic carbocycles. The molecule has 3 aromatic rings. The van der Waals surface area contributed by atoms with Gasteiger partial charge in [0.15, 0.2) is 0 Å². The van der Waals surface area contributed by atoms with Crippen LogP contribution in [0, 0.1) is 0 Å². The number of anilines is 2. The Bertz CT molecular complexity index is 1140. The Morgan fingerprint density at radius 1 is 1.14 bits per heavy atom. The summed E-state index contributed by atoms with van der Waals surface area (Å²) in [5.74, 6) is 1.13. The molecule has 1 saturated heterocycles. The number of hydrogen-bond donors (Lipinski definition) is 2. The highest BCUT2D eigenvalue weighted by Gasteiger charge is 2.35. The van der Waals surface area contributed by atoms with E-state index in [1.54, 1.807) is 25.3 Å². The van der Waals surface area contributed by atoms with Crippen LogP contribution in [0.2, 0.25) is 0 Å². The van der Waals surface area contributed by atoms with Crippen LogP contribution in [0.15, 0.2) is 53.1 Å². The second-order valence-corrected chi connectivity index (χ2v) is 7.83. The Labute approximate surface area is 200 Å². The lowest BCUT2D eigenvalue weighted by atomic mass is 10.1. The summed E-state index contributed by atoms with van der Waals surface area (Å²) >= 11 is 0. The van der Waals surface area contributed by atoms with E-state index in [1.807, 2.05) is 17.0 Å². The highest BCUT2D eigenvalue weighted by molar-refractivity contribution is 5.90. The van der Waals surface area contributed by atoms with E-state index < -0.39 is 17.8 Å². The monoisotopic (exact) mass is 490 g/mol. The molecule has 2 heterocycles. The number of nitrogens with zero attached hydrogens (tertiary/aromatic N) is 2. The minimum absolute atomic E-state index is 0.160. The highest BCUT2D eigenvalue weighted by atomic mass is 19.4. The van der Waals surface area contributed by atoms with Gasteiger partial charge in [-0.05, 0) is 42.5 Å². The van der Waals surface area contributed by atoms with Crippen molar-refractivity contribution in [2.24, 2.45) is 0 Å². The molecule has 2 N–H and O–H groups in total. The number of benzene rings is 2. The van der Waals surface area contributed by atoms with E-state index in [2.05, 4.69) is 15.6 Å². The van der Waals surface area contributed by atoms with Gasteiger partial charge in [-0.2, -0.15) is 13.2 Å². The average molecular weight is 490 g/mol. The minimum Gasteiger partial charge on any atom is -0.497 e. The van der Waals surface area contributed by atoms with Crippen molar-refractivity contribution in [3.8, 4) is 17.2 Å². The van der Waals surface area contributed by atoms with Gasteiger partial charge >= 0.3 is 12.2 Å². The number of amides is 2. The van der Waals surface area contributed by atoms with Gasteiger partial charge in [-0.3, -0.25) is 0 Å². The Morgan fingerprint density at radius 3 is 2.57 bits per heavy atom. The van der Waals surface area contributed by atoms with E-state index in [1.165, 1.54) is 12.3 Å². The lowest BCUT2D eigenvalue weighted by molar-refractivity contribution is -0.136. The zero-order valence-electron chi connectivity index (χ0n) is 19.0. The fourth-order valence-electron chi connectivity index (χ4n) is 3.65. The molecule has 35 heavy (non-hydrogen) atoms. The topological polar surface area (TPSA) is 88.9 Å². The molecule has 1 aliphatic heterocycles. The molecular weight excluding hydrogens is 465 g/mol. The maximum atomic E-state index is 13.7. The van der Waals surface area contributed by atoms with Gasteiger partial charge in [0.1, 0.15) is 12.0 Å². The summed E-state index contributed by atoms with van der Waals surface area (Å²) in [5, 5.41) is 4.86. The quantitative estimate of drug-likeness (QED) is 0.505. The highest BCUT2D eigenvalue weighted by Crippen LogP contribution is 2.37. The number of alkyl halides is 3. The predicted molar refractivity (Wildman–Crippen MR) is 124 cm³/mol. The Balaban J connectivity index is 1.34. The van der Waals surface area contributed by atoms with Gasteiger partial charge in [0.2, 0.25) is 5.89 Å². The van der Waals surface area contributed by atoms with Crippen molar-refractivity contribution >= 4 is 17.4 Å². The fourth-order valence-corrected chi connectivity index (χ4v) is 3.65. The molecule has 186 valence electrons. The number of halogens is 3. The van der Waals surface area contributed by atoms with Crippen molar-refractivity contribution in [3.63, 3.8) is 0 Å². The lowest BCUT2D eigenvalue weighted by Crippen LogP contribution is -2.36. The molecule has 0 radical (unpaired) electrons. The number of nitrogens with one attached hydrogen (secondary N) is 2. The van der Waals surface area contributed by atoms with E-state index in [-0.39, 0.29) is 12.2 Å². The molecule has 0 atom stereocenters. The SMILES string of the molecule is COc1ccc(-c2nc(CCNC(=O)Nc3ccc(N4CCOCC4)cc3C(F)(F)F)co2)cc1. The lowest BCUT2D eigenvalue weighted by Gasteiger charge is -2.29. The van der Waals surface area contributed by atoms with Crippen LogP contribution in [0.1, 0.15) is 11.3 Å². The summed E-state index contributed by atoms with van der Waals surface area (Å²) in [7, 11) is 1.58. The van der Waals surface area contributed by atoms with Crippen LogP contribution < -0.4 is 20.3 Å². The maximum Gasteiger partial charge on any atom is 0.418 e. The number of ether oxygens (including phenoxy) is 2. The molecular formula is C24H25F3N4O4. The molecule has 0 unspecified atom stereocenters. The predicted octanol–water partition coefficient (Wildman–Crippen LogP) is 4.57.